The first-order valence-corrected chi connectivity index (χ1v) is 8.53. The minimum Gasteiger partial charge on any atom is -0.380 e. The summed E-state index contributed by atoms with van der Waals surface area (Å²) in [6, 6.07) is 0. The van der Waals surface area contributed by atoms with Gasteiger partial charge in [-0.2, -0.15) is 0 Å². The molecular formula is C15H31IO. The molecule has 0 aliphatic carbocycles. The Morgan fingerprint density at radius 3 is 2.12 bits per heavy atom. The van der Waals surface area contributed by atoms with Gasteiger partial charge in [-0.1, -0.05) is 81.9 Å². The zero-order chi connectivity index (χ0) is 13.1. The van der Waals surface area contributed by atoms with Crippen LogP contribution in [0.3, 0.4) is 0 Å². The zero-order valence-corrected chi connectivity index (χ0v) is 14.3. The summed E-state index contributed by atoms with van der Waals surface area (Å²) in [6.07, 6.45) is 11.3. The molecule has 0 saturated heterocycles. The van der Waals surface area contributed by atoms with Crippen LogP contribution in [0.25, 0.3) is 0 Å². The number of methoxy groups -OCH3 is 1. The predicted octanol–water partition coefficient (Wildman–Crippen LogP) is 5.60. The van der Waals surface area contributed by atoms with E-state index in [9.17, 15) is 0 Å². The van der Waals surface area contributed by atoms with Gasteiger partial charge in [0.2, 0.25) is 0 Å². The van der Waals surface area contributed by atoms with Crippen molar-refractivity contribution in [2.24, 2.45) is 5.92 Å². The van der Waals surface area contributed by atoms with E-state index in [0.29, 0.717) is 10.0 Å². The number of rotatable bonds is 11. The number of ether oxygens (including phenoxy) is 1. The number of unbranched alkanes of at least 4 members (excludes halogenated alkanes) is 5. The molecule has 0 aromatic rings. The molecule has 0 aliphatic heterocycles. The van der Waals surface area contributed by atoms with E-state index >= 15 is 0 Å². The second-order valence-electron chi connectivity index (χ2n) is 5.48. The second kappa shape index (κ2) is 11.8. The molecule has 104 valence electrons. The van der Waals surface area contributed by atoms with Crippen molar-refractivity contribution >= 4 is 22.6 Å². The Morgan fingerprint density at radius 1 is 1.00 bits per heavy atom. The van der Waals surface area contributed by atoms with Gasteiger partial charge in [-0.15, -0.1) is 0 Å². The highest BCUT2D eigenvalue weighted by molar-refractivity contribution is 14.1. The zero-order valence-electron chi connectivity index (χ0n) is 12.2. The van der Waals surface area contributed by atoms with Crippen molar-refractivity contribution in [3.05, 3.63) is 0 Å². The normalized spacial score (nSPS) is 15.2. The lowest BCUT2D eigenvalue weighted by molar-refractivity contribution is 0.0836. The van der Waals surface area contributed by atoms with E-state index in [2.05, 4.69) is 43.4 Å². The molecule has 2 atom stereocenters. The molecule has 0 rings (SSSR count). The van der Waals surface area contributed by atoms with Gasteiger partial charge in [-0.25, -0.2) is 0 Å². The third kappa shape index (κ3) is 10.3. The number of hydrogen-bond donors (Lipinski definition) is 0. The quantitative estimate of drug-likeness (QED) is 0.267. The summed E-state index contributed by atoms with van der Waals surface area (Å²) in [5.41, 5.74) is 0. The average Bonchev–Trinajstić information content (AvgIpc) is 2.30. The maximum atomic E-state index is 5.61. The highest BCUT2D eigenvalue weighted by atomic mass is 127. The molecule has 2 heteroatoms. The molecular weight excluding hydrogens is 323 g/mol. The van der Waals surface area contributed by atoms with Crippen molar-refractivity contribution in [2.45, 2.75) is 82.2 Å². The van der Waals surface area contributed by atoms with Gasteiger partial charge in [0.25, 0.3) is 0 Å². The third-order valence-corrected chi connectivity index (χ3v) is 4.67. The second-order valence-corrected chi connectivity index (χ2v) is 7.08. The molecule has 0 saturated carbocycles. The standard InChI is InChI=1S/C15H31IO/c1-5-6-7-8-9-10-11-14(16)15(17-4)12-13(2)3/h13-15H,5-12H2,1-4H3/t14-,15+/m0/s1. The van der Waals surface area contributed by atoms with E-state index in [1.165, 1.54) is 51.4 Å². The smallest absolute Gasteiger partial charge is 0.0691 e. The van der Waals surface area contributed by atoms with Crippen molar-refractivity contribution < 1.29 is 4.74 Å². The van der Waals surface area contributed by atoms with Crippen molar-refractivity contribution in [1.29, 1.82) is 0 Å². The third-order valence-electron chi connectivity index (χ3n) is 3.24. The van der Waals surface area contributed by atoms with E-state index in [0.717, 1.165) is 5.92 Å². The van der Waals surface area contributed by atoms with Crippen molar-refractivity contribution in [3.63, 3.8) is 0 Å². The van der Waals surface area contributed by atoms with E-state index in [1.807, 2.05) is 7.11 Å². The minimum atomic E-state index is 0.450. The minimum absolute atomic E-state index is 0.450. The molecule has 0 aliphatic rings. The van der Waals surface area contributed by atoms with E-state index in [-0.39, 0.29) is 0 Å². The van der Waals surface area contributed by atoms with Gasteiger partial charge in [-0.05, 0) is 18.8 Å². The van der Waals surface area contributed by atoms with Crippen LogP contribution in [0, 0.1) is 5.92 Å². The Labute approximate surface area is 122 Å². The molecule has 0 aromatic carbocycles. The van der Waals surface area contributed by atoms with Gasteiger partial charge in [0.05, 0.1) is 6.10 Å². The summed E-state index contributed by atoms with van der Waals surface area (Å²) in [5, 5.41) is 0. The molecule has 0 aromatic heterocycles. The topological polar surface area (TPSA) is 9.23 Å². The fourth-order valence-electron chi connectivity index (χ4n) is 2.16. The fourth-order valence-corrected chi connectivity index (χ4v) is 3.19. The summed E-state index contributed by atoms with van der Waals surface area (Å²) in [4.78, 5) is 0. The number of halogens is 1. The first-order valence-electron chi connectivity index (χ1n) is 7.28. The van der Waals surface area contributed by atoms with E-state index < -0.39 is 0 Å². The summed E-state index contributed by atoms with van der Waals surface area (Å²) in [7, 11) is 1.86. The van der Waals surface area contributed by atoms with Crippen molar-refractivity contribution in [2.75, 3.05) is 7.11 Å². The van der Waals surface area contributed by atoms with E-state index in [1.54, 1.807) is 0 Å². The van der Waals surface area contributed by atoms with Crippen LogP contribution in [0.5, 0.6) is 0 Å². The lowest BCUT2D eigenvalue weighted by Crippen LogP contribution is -2.24. The van der Waals surface area contributed by atoms with Gasteiger partial charge in [-0.3, -0.25) is 0 Å². The monoisotopic (exact) mass is 354 g/mol. The highest BCUT2D eigenvalue weighted by Gasteiger charge is 2.18. The molecule has 0 unspecified atom stereocenters. The van der Waals surface area contributed by atoms with Crippen LogP contribution >= 0.6 is 22.6 Å². The highest BCUT2D eigenvalue weighted by Crippen LogP contribution is 2.23. The van der Waals surface area contributed by atoms with Gasteiger partial charge in [0.1, 0.15) is 0 Å². The fraction of sp³-hybridized carbons (Fsp3) is 1.00. The molecule has 0 spiro atoms. The largest absolute Gasteiger partial charge is 0.380 e. The van der Waals surface area contributed by atoms with Gasteiger partial charge >= 0.3 is 0 Å². The van der Waals surface area contributed by atoms with Crippen molar-refractivity contribution in [3.8, 4) is 0 Å². The van der Waals surface area contributed by atoms with Crippen LogP contribution in [0.15, 0.2) is 0 Å². The van der Waals surface area contributed by atoms with Gasteiger partial charge < -0.3 is 4.74 Å². The molecule has 0 fully saturated rings. The Kier molecular flexibility index (Phi) is 12.2. The van der Waals surface area contributed by atoms with Crippen LogP contribution in [-0.2, 0) is 4.74 Å². The SMILES string of the molecule is CCCCCCCC[C@H](I)[C@@H](CC(C)C)OC. The number of alkyl halides is 1. The lowest BCUT2D eigenvalue weighted by Gasteiger charge is -2.23. The Bertz CT molecular complexity index is 159. The molecule has 0 N–H and O–H groups in total. The lowest BCUT2D eigenvalue weighted by atomic mass is 10.00. The summed E-state index contributed by atoms with van der Waals surface area (Å²) >= 11 is 2.58. The molecule has 0 bridgehead atoms. The average molecular weight is 354 g/mol. The Hall–Kier alpha value is 0.690. The van der Waals surface area contributed by atoms with Crippen LogP contribution in [0.2, 0.25) is 0 Å². The van der Waals surface area contributed by atoms with Crippen LogP contribution in [0.4, 0.5) is 0 Å². The predicted molar refractivity (Wildman–Crippen MR) is 86.1 cm³/mol. The molecule has 17 heavy (non-hydrogen) atoms. The van der Waals surface area contributed by atoms with Crippen LogP contribution < -0.4 is 0 Å². The Morgan fingerprint density at radius 2 is 1.59 bits per heavy atom. The summed E-state index contributed by atoms with van der Waals surface area (Å²) in [6.45, 7) is 6.83. The summed E-state index contributed by atoms with van der Waals surface area (Å²) < 4.78 is 6.30. The molecule has 0 heterocycles. The number of hydrogen-bond acceptors (Lipinski definition) is 1. The van der Waals surface area contributed by atoms with Gasteiger partial charge in [0, 0.05) is 11.0 Å². The maximum Gasteiger partial charge on any atom is 0.0691 e. The molecule has 1 nitrogen and oxygen atoms in total. The Balaban J connectivity index is 3.57. The first-order chi connectivity index (χ1) is 8.11. The first kappa shape index (κ1) is 17.7. The van der Waals surface area contributed by atoms with Crippen LogP contribution in [0.1, 0.15) is 72.1 Å². The van der Waals surface area contributed by atoms with Crippen LogP contribution in [-0.4, -0.2) is 17.1 Å². The van der Waals surface area contributed by atoms with Gasteiger partial charge in [0.15, 0.2) is 0 Å². The van der Waals surface area contributed by atoms with Crippen molar-refractivity contribution in [1.82, 2.24) is 0 Å². The molecule has 0 radical (unpaired) electrons. The van der Waals surface area contributed by atoms with E-state index in [4.69, 9.17) is 4.74 Å². The summed E-state index contributed by atoms with van der Waals surface area (Å²) in [5.74, 6) is 0.738. The molecule has 0 amide bonds. The maximum absolute atomic E-state index is 5.61.